The van der Waals surface area contributed by atoms with Crippen LogP contribution in [0.5, 0.6) is 0 Å². The average Bonchev–Trinajstić information content (AvgIpc) is 2.69. The van der Waals surface area contributed by atoms with E-state index in [1.165, 1.54) is 12.1 Å². The van der Waals surface area contributed by atoms with Gasteiger partial charge in [-0.25, -0.2) is 9.59 Å². The van der Waals surface area contributed by atoms with Crippen molar-refractivity contribution in [1.82, 2.24) is 0 Å². The number of ether oxygens (including phenoxy) is 1. The molecule has 0 atom stereocenters. The Morgan fingerprint density at radius 1 is 1.04 bits per heavy atom. The summed E-state index contributed by atoms with van der Waals surface area (Å²) >= 11 is 0. The fourth-order valence-corrected chi connectivity index (χ4v) is 2.74. The number of fused-ring (bicyclic) bond motifs is 1. The molecule has 7 nitrogen and oxygen atoms in total. The highest BCUT2D eigenvalue weighted by molar-refractivity contribution is 6.07. The van der Waals surface area contributed by atoms with Gasteiger partial charge in [0.05, 0.1) is 23.5 Å². The second-order valence-electron chi connectivity index (χ2n) is 5.95. The van der Waals surface area contributed by atoms with Crippen molar-refractivity contribution in [3.8, 4) is 0 Å². The van der Waals surface area contributed by atoms with E-state index in [0.29, 0.717) is 34.5 Å². The molecule has 0 fully saturated rings. The van der Waals surface area contributed by atoms with Crippen LogP contribution in [0.2, 0.25) is 0 Å². The van der Waals surface area contributed by atoms with Crippen molar-refractivity contribution in [2.45, 2.75) is 13.8 Å². The minimum atomic E-state index is -0.734. The fraction of sp³-hybridized carbons (Fsp3) is 0.190. The summed E-state index contributed by atoms with van der Waals surface area (Å²) in [7, 11) is 0. The first-order chi connectivity index (χ1) is 13.5. The number of esters is 1. The Labute approximate surface area is 161 Å². The summed E-state index contributed by atoms with van der Waals surface area (Å²) in [6.45, 7) is 4.47. The van der Waals surface area contributed by atoms with E-state index in [2.05, 4.69) is 10.6 Å². The van der Waals surface area contributed by atoms with Crippen LogP contribution < -0.4 is 16.3 Å². The Balaban J connectivity index is 1.96. The Morgan fingerprint density at radius 2 is 1.82 bits per heavy atom. The van der Waals surface area contributed by atoms with Crippen LogP contribution in [0.15, 0.2) is 57.7 Å². The van der Waals surface area contributed by atoms with Crippen LogP contribution in [0.3, 0.4) is 0 Å². The van der Waals surface area contributed by atoms with E-state index in [4.69, 9.17) is 9.15 Å². The number of amides is 1. The van der Waals surface area contributed by atoms with Crippen molar-refractivity contribution in [3.63, 3.8) is 0 Å². The van der Waals surface area contributed by atoms with Gasteiger partial charge in [0.15, 0.2) is 0 Å². The van der Waals surface area contributed by atoms with E-state index in [-0.39, 0.29) is 12.2 Å². The number of rotatable bonds is 6. The molecule has 1 amide bonds. The molecule has 0 aliphatic rings. The quantitative estimate of drug-likeness (QED) is 0.500. The number of nitrogens with one attached hydrogen (secondary N) is 2. The first-order valence-electron chi connectivity index (χ1n) is 8.92. The van der Waals surface area contributed by atoms with Gasteiger partial charge in [0, 0.05) is 11.9 Å². The molecule has 0 aliphatic heterocycles. The lowest BCUT2D eigenvalue weighted by molar-refractivity contribution is 0.0526. The molecular formula is C21H20N2O5. The summed E-state index contributed by atoms with van der Waals surface area (Å²) < 4.78 is 10.2. The van der Waals surface area contributed by atoms with Gasteiger partial charge >= 0.3 is 11.6 Å². The second-order valence-corrected chi connectivity index (χ2v) is 5.95. The standard InChI is InChI=1S/C21H20N2O5/c1-3-22-16-10-9-14(20(25)27-4-2)12-17(16)23-19(24)15-11-13-7-5-6-8-18(13)28-21(15)26/h5-12,22H,3-4H2,1-2H3,(H,23,24). The van der Waals surface area contributed by atoms with Crippen molar-refractivity contribution >= 4 is 34.2 Å². The minimum absolute atomic E-state index is 0.123. The minimum Gasteiger partial charge on any atom is -0.462 e. The Bertz CT molecular complexity index is 1090. The second kappa shape index (κ2) is 8.39. The van der Waals surface area contributed by atoms with Crippen LogP contribution in [0.25, 0.3) is 11.0 Å². The summed E-state index contributed by atoms with van der Waals surface area (Å²) in [6.07, 6.45) is 0. The van der Waals surface area contributed by atoms with E-state index in [0.717, 1.165) is 0 Å². The van der Waals surface area contributed by atoms with Crippen molar-refractivity contribution in [1.29, 1.82) is 0 Å². The monoisotopic (exact) mass is 380 g/mol. The van der Waals surface area contributed by atoms with Gasteiger partial charge in [0.1, 0.15) is 11.1 Å². The molecule has 0 spiro atoms. The molecule has 0 saturated carbocycles. The lowest BCUT2D eigenvalue weighted by Gasteiger charge is -2.13. The molecule has 0 saturated heterocycles. The molecule has 144 valence electrons. The topological polar surface area (TPSA) is 97.6 Å². The highest BCUT2D eigenvalue weighted by atomic mass is 16.5. The van der Waals surface area contributed by atoms with Gasteiger partial charge < -0.3 is 19.8 Å². The maximum Gasteiger partial charge on any atom is 0.349 e. The van der Waals surface area contributed by atoms with Gasteiger partial charge in [0.25, 0.3) is 5.91 Å². The summed E-state index contributed by atoms with van der Waals surface area (Å²) in [4.78, 5) is 36.9. The first kappa shape index (κ1) is 19.2. The van der Waals surface area contributed by atoms with Crippen molar-refractivity contribution in [2.75, 3.05) is 23.8 Å². The third-order valence-electron chi connectivity index (χ3n) is 4.03. The number of anilines is 2. The number of carbonyl (C=O) groups is 2. The molecule has 0 aliphatic carbocycles. The van der Waals surface area contributed by atoms with E-state index >= 15 is 0 Å². The third kappa shape index (κ3) is 4.03. The maximum absolute atomic E-state index is 12.7. The molecule has 2 aromatic carbocycles. The van der Waals surface area contributed by atoms with Crippen LogP contribution >= 0.6 is 0 Å². The van der Waals surface area contributed by atoms with E-state index in [1.54, 1.807) is 43.3 Å². The Morgan fingerprint density at radius 3 is 2.57 bits per heavy atom. The number of hydrogen-bond acceptors (Lipinski definition) is 6. The molecule has 1 aromatic heterocycles. The molecular weight excluding hydrogens is 360 g/mol. The molecule has 28 heavy (non-hydrogen) atoms. The molecule has 0 unspecified atom stereocenters. The molecule has 0 bridgehead atoms. The molecule has 2 N–H and O–H groups in total. The highest BCUT2D eigenvalue weighted by Gasteiger charge is 2.17. The van der Waals surface area contributed by atoms with Gasteiger partial charge in [-0.1, -0.05) is 18.2 Å². The van der Waals surface area contributed by atoms with Crippen LogP contribution in [-0.2, 0) is 4.74 Å². The maximum atomic E-state index is 12.7. The zero-order chi connectivity index (χ0) is 20.1. The number of carbonyl (C=O) groups excluding carboxylic acids is 2. The summed E-state index contributed by atoms with van der Waals surface area (Å²) in [5.74, 6) is -1.12. The zero-order valence-corrected chi connectivity index (χ0v) is 15.6. The summed E-state index contributed by atoms with van der Waals surface area (Å²) in [6, 6.07) is 13.2. The number of hydrogen-bond donors (Lipinski definition) is 2. The molecule has 1 heterocycles. The highest BCUT2D eigenvalue weighted by Crippen LogP contribution is 2.24. The smallest absolute Gasteiger partial charge is 0.349 e. The SMILES string of the molecule is CCNc1ccc(C(=O)OCC)cc1NC(=O)c1cc2ccccc2oc1=O. The third-order valence-corrected chi connectivity index (χ3v) is 4.03. The van der Waals surface area contributed by atoms with E-state index < -0.39 is 17.5 Å². The predicted molar refractivity (Wildman–Crippen MR) is 107 cm³/mol. The summed E-state index contributed by atoms with van der Waals surface area (Å²) in [5, 5.41) is 6.43. The van der Waals surface area contributed by atoms with Crippen LogP contribution in [0.1, 0.15) is 34.6 Å². The average molecular weight is 380 g/mol. The number of para-hydroxylation sites is 1. The first-order valence-corrected chi connectivity index (χ1v) is 8.92. The van der Waals surface area contributed by atoms with Gasteiger partial charge in [-0.2, -0.15) is 0 Å². The van der Waals surface area contributed by atoms with Gasteiger partial charge in [-0.3, -0.25) is 4.79 Å². The largest absolute Gasteiger partial charge is 0.462 e. The van der Waals surface area contributed by atoms with Crippen molar-refractivity contribution in [2.24, 2.45) is 0 Å². The molecule has 3 rings (SSSR count). The van der Waals surface area contributed by atoms with Crippen LogP contribution in [-0.4, -0.2) is 25.0 Å². The molecule has 3 aromatic rings. The Kier molecular flexibility index (Phi) is 5.74. The Hall–Kier alpha value is -3.61. The van der Waals surface area contributed by atoms with Gasteiger partial charge in [0.2, 0.25) is 0 Å². The molecule has 7 heteroatoms. The van der Waals surface area contributed by atoms with Crippen LogP contribution in [0.4, 0.5) is 11.4 Å². The van der Waals surface area contributed by atoms with E-state index in [9.17, 15) is 14.4 Å². The van der Waals surface area contributed by atoms with Crippen molar-refractivity contribution in [3.05, 3.63) is 70.1 Å². The van der Waals surface area contributed by atoms with Crippen LogP contribution in [0, 0.1) is 0 Å². The lowest BCUT2D eigenvalue weighted by Crippen LogP contribution is -2.21. The number of benzene rings is 2. The normalized spacial score (nSPS) is 10.5. The van der Waals surface area contributed by atoms with Crippen molar-refractivity contribution < 1.29 is 18.7 Å². The fourth-order valence-electron chi connectivity index (χ4n) is 2.74. The molecule has 0 radical (unpaired) electrons. The van der Waals surface area contributed by atoms with Gasteiger partial charge in [-0.05, 0) is 44.2 Å². The van der Waals surface area contributed by atoms with E-state index in [1.807, 2.05) is 6.92 Å². The predicted octanol–water partition coefficient (Wildman–Crippen LogP) is 3.65. The van der Waals surface area contributed by atoms with Gasteiger partial charge in [-0.15, -0.1) is 0 Å². The summed E-state index contributed by atoms with van der Waals surface area (Å²) in [5.41, 5.74) is 0.829. The zero-order valence-electron chi connectivity index (χ0n) is 15.6. The lowest BCUT2D eigenvalue weighted by atomic mass is 10.1.